The summed E-state index contributed by atoms with van der Waals surface area (Å²) in [7, 11) is 0. The third-order valence-electron chi connectivity index (χ3n) is 8.08. The van der Waals surface area contributed by atoms with Gasteiger partial charge in [-0.1, -0.05) is 142 Å². The predicted octanol–water partition coefficient (Wildman–Crippen LogP) is 9.92. The van der Waals surface area contributed by atoms with Gasteiger partial charge >= 0.3 is 0 Å². The SMILES string of the molecule is CCCCCCC(O)COc1ccc(-c2nc(-c3ccc(-c4ccccc4)cc3)nc(-c3ccc(-c4ccccc4)cc3)n2)cc1. The number of ether oxygens (including phenoxy) is 1. The van der Waals surface area contributed by atoms with Gasteiger partial charge in [-0.2, -0.15) is 0 Å². The first-order chi connectivity index (χ1) is 22.7. The smallest absolute Gasteiger partial charge is 0.164 e. The topological polar surface area (TPSA) is 68.1 Å². The molecule has 0 saturated carbocycles. The van der Waals surface area contributed by atoms with Gasteiger partial charge in [0.2, 0.25) is 0 Å². The van der Waals surface area contributed by atoms with Crippen LogP contribution in [0.3, 0.4) is 0 Å². The summed E-state index contributed by atoms with van der Waals surface area (Å²) in [6, 6.07) is 45.1. The van der Waals surface area contributed by atoms with Crippen LogP contribution in [0.4, 0.5) is 0 Å². The fraction of sp³-hybridized carbons (Fsp3) is 0.195. The second-order valence-electron chi connectivity index (χ2n) is 11.5. The lowest BCUT2D eigenvalue weighted by molar-refractivity contribution is 0.0975. The average Bonchev–Trinajstić information content (AvgIpc) is 3.13. The quantitative estimate of drug-likeness (QED) is 0.133. The highest BCUT2D eigenvalue weighted by atomic mass is 16.5. The molecule has 46 heavy (non-hydrogen) atoms. The van der Waals surface area contributed by atoms with Crippen molar-refractivity contribution in [2.75, 3.05) is 6.61 Å². The van der Waals surface area contributed by atoms with Gasteiger partial charge in [0.25, 0.3) is 0 Å². The summed E-state index contributed by atoms with van der Waals surface area (Å²) in [6.45, 7) is 2.47. The zero-order valence-corrected chi connectivity index (χ0v) is 26.2. The first kappa shape index (κ1) is 30.9. The second kappa shape index (κ2) is 15.2. The van der Waals surface area contributed by atoms with E-state index in [2.05, 4.69) is 79.7 Å². The molecule has 0 aliphatic carbocycles. The molecule has 5 nitrogen and oxygen atoms in total. The molecule has 0 spiro atoms. The molecule has 6 rings (SSSR count). The van der Waals surface area contributed by atoms with Crippen molar-refractivity contribution in [1.82, 2.24) is 15.0 Å². The molecule has 0 radical (unpaired) electrons. The van der Waals surface area contributed by atoms with E-state index in [0.717, 1.165) is 58.2 Å². The highest BCUT2D eigenvalue weighted by Crippen LogP contribution is 2.29. The zero-order chi connectivity index (χ0) is 31.6. The lowest BCUT2D eigenvalue weighted by Crippen LogP contribution is -2.17. The number of nitrogens with zero attached hydrogens (tertiary/aromatic N) is 3. The van der Waals surface area contributed by atoms with Gasteiger partial charge in [0.1, 0.15) is 12.4 Å². The van der Waals surface area contributed by atoms with Crippen molar-refractivity contribution in [2.24, 2.45) is 0 Å². The van der Waals surface area contributed by atoms with Crippen LogP contribution in [0.1, 0.15) is 39.0 Å². The Labute approximate surface area is 271 Å². The third-order valence-corrected chi connectivity index (χ3v) is 8.08. The second-order valence-corrected chi connectivity index (χ2v) is 11.5. The fourth-order valence-corrected chi connectivity index (χ4v) is 5.43. The van der Waals surface area contributed by atoms with Crippen LogP contribution < -0.4 is 4.74 Å². The number of unbranched alkanes of at least 4 members (excludes halogenated alkanes) is 3. The molecule has 1 atom stereocenters. The van der Waals surface area contributed by atoms with E-state index in [1.54, 1.807) is 0 Å². The van der Waals surface area contributed by atoms with Crippen molar-refractivity contribution in [2.45, 2.75) is 45.1 Å². The molecule has 0 aliphatic heterocycles. The first-order valence-corrected chi connectivity index (χ1v) is 16.2. The summed E-state index contributed by atoms with van der Waals surface area (Å²) in [5.74, 6) is 2.51. The minimum atomic E-state index is -0.466. The van der Waals surface area contributed by atoms with E-state index < -0.39 is 6.10 Å². The first-order valence-electron chi connectivity index (χ1n) is 16.2. The van der Waals surface area contributed by atoms with Crippen LogP contribution in [0.15, 0.2) is 133 Å². The number of hydrogen-bond acceptors (Lipinski definition) is 5. The third kappa shape index (κ3) is 7.92. The minimum Gasteiger partial charge on any atom is -0.491 e. The van der Waals surface area contributed by atoms with Crippen molar-refractivity contribution < 1.29 is 9.84 Å². The molecule has 1 heterocycles. The highest BCUT2D eigenvalue weighted by Gasteiger charge is 2.14. The summed E-state index contributed by atoms with van der Waals surface area (Å²) in [5.41, 5.74) is 7.29. The van der Waals surface area contributed by atoms with Gasteiger partial charge in [0, 0.05) is 16.7 Å². The molecule has 0 saturated heterocycles. The highest BCUT2D eigenvalue weighted by molar-refractivity contribution is 5.72. The molecule has 5 heteroatoms. The molecule has 0 bridgehead atoms. The van der Waals surface area contributed by atoms with Gasteiger partial charge in [0.15, 0.2) is 17.5 Å². The van der Waals surface area contributed by atoms with E-state index in [-0.39, 0.29) is 6.61 Å². The largest absolute Gasteiger partial charge is 0.491 e. The van der Waals surface area contributed by atoms with Gasteiger partial charge in [-0.3, -0.25) is 0 Å². The summed E-state index contributed by atoms with van der Waals surface area (Å²) in [6.07, 6.45) is 4.84. The lowest BCUT2D eigenvalue weighted by atomic mass is 10.0. The Morgan fingerprint density at radius 3 is 1.30 bits per heavy atom. The monoisotopic (exact) mass is 605 g/mol. The molecule has 1 N–H and O–H groups in total. The van der Waals surface area contributed by atoms with Gasteiger partial charge < -0.3 is 9.84 Å². The maximum atomic E-state index is 10.3. The predicted molar refractivity (Wildman–Crippen MR) is 187 cm³/mol. The van der Waals surface area contributed by atoms with Crippen LogP contribution in [0.25, 0.3) is 56.4 Å². The van der Waals surface area contributed by atoms with E-state index in [1.807, 2.05) is 60.7 Å². The molecule has 6 aromatic rings. The Hall–Kier alpha value is -5.13. The van der Waals surface area contributed by atoms with Gasteiger partial charge in [-0.25, -0.2) is 15.0 Å². The molecular weight excluding hydrogens is 566 g/mol. The van der Waals surface area contributed by atoms with Crippen molar-refractivity contribution in [3.63, 3.8) is 0 Å². The van der Waals surface area contributed by atoms with Crippen LogP contribution in [0.2, 0.25) is 0 Å². The standard InChI is InChI=1S/C41H39N3O2/c1-2-3-4-11-16-37(45)29-46-38-27-25-36(26-28-38)41-43-39(34-21-17-32(18-22-34)30-12-7-5-8-13-30)42-40(44-41)35-23-19-33(20-24-35)31-14-9-6-10-15-31/h5-10,12-15,17-28,37,45H,2-4,11,16,29H2,1H3. The molecule has 0 amide bonds. The maximum absolute atomic E-state index is 10.3. The molecular formula is C41H39N3O2. The number of rotatable bonds is 13. The van der Waals surface area contributed by atoms with Crippen molar-refractivity contribution in [3.8, 4) is 62.2 Å². The molecule has 0 fully saturated rings. The van der Waals surface area contributed by atoms with E-state index in [9.17, 15) is 5.11 Å². The van der Waals surface area contributed by atoms with E-state index >= 15 is 0 Å². The molecule has 230 valence electrons. The molecule has 1 aromatic heterocycles. The summed E-state index contributed by atoms with van der Waals surface area (Å²) >= 11 is 0. The Morgan fingerprint density at radius 2 is 0.870 bits per heavy atom. The van der Waals surface area contributed by atoms with Crippen LogP contribution in [0.5, 0.6) is 5.75 Å². The maximum Gasteiger partial charge on any atom is 0.164 e. The van der Waals surface area contributed by atoms with Crippen LogP contribution >= 0.6 is 0 Å². The number of aromatic nitrogens is 3. The van der Waals surface area contributed by atoms with Gasteiger partial charge in [-0.05, 0) is 52.9 Å². The number of benzene rings is 5. The Morgan fingerprint density at radius 1 is 0.478 bits per heavy atom. The summed E-state index contributed by atoms with van der Waals surface area (Å²) in [5, 5.41) is 10.3. The van der Waals surface area contributed by atoms with E-state index in [4.69, 9.17) is 19.7 Å². The normalized spacial score (nSPS) is 11.7. The van der Waals surface area contributed by atoms with Crippen molar-refractivity contribution >= 4 is 0 Å². The van der Waals surface area contributed by atoms with Gasteiger partial charge in [-0.15, -0.1) is 0 Å². The zero-order valence-electron chi connectivity index (χ0n) is 26.2. The lowest BCUT2D eigenvalue weighted by Gasteiger charge is -2.13. The number of aliphatic hydroxyl groups is 1. The average molecular weight is 606 g/mol. The molecule has 5 aromatic carbocycles. The Bertz CT molecular complexity index is 1700. The number of hydrogen-bond donors (Lipinski definition) is 1. The van der Waals surface area contributed by atoms with Crippen LogP contribution in [0, 0.1) is 0 Å². The summed E-state index contributed by atoms with van der Waals surface area (Å²) in [4.78, 5) is 14.8. The molecule has 0 aliphatic rings. The Kier molecular flexibility index (Phi) is 10.2. The van der Waals surface area contributed by atoms with Gasteiger partial charge in [0.05, 0.1) is 6.10 Å². The Balaban J connectivity index is 1.27. The van der Waals surface area contributed by atoms with Crippen LogP contribution in [-0.4, -0.2) is 32.8 Å². The number of aliphatic hydroxyl groups excluding tert-OH is 1. The minimum absolute atomic E-state index is 0.281. The summed E-state index contributed by atoms with van der Waals surface area (Å²) < 4.78 is 5.89. The molecule has 1 unspecified atom stereocenters. The van der Waals surface area contributed by atoms with E-state index in [0.29, 0.717) is 23.2 Å². The van der Waals surface area contributed by atoms with Crippen molar-refractivity contribution in [3.05, 3.63) is 133 Å². The van der Waals surface area contributed by atoms with Crippen LogP contribution in [-0.2, 0) is 0 Å². The van der Waals surface area contributed by atoms with Crippen molar-refractivity contribution in [1.29, 1.82) is 0 Å². The van der Waals surface area contributed by atoms with E-state index in [1.165, 1.54) is 12.8 Å². The fourth-order valence-electron chi connectivity index (χ4n) is 5.43.